The van der Waals surface area contributed by atoms with Crippen LogP contribution >= 0.6 is 0 Å². The van der Waals surface area contributed by atoms with Crippen molar-refractivity contribution in [3.8, 4) is 11.4 Å². The number of aryl methyl sites for hydroxylation is 1. The molecule has 1 aliphatic carbocycles. The van der Waals surface area contributed by atoms with Gasteiger partial charge in [0.05, 0.1) is 23.2 Å². The van der Waals surface area contributed by atoms with Crippen LogP contribution in [0.5, 0.6) is 0 Å². The Morgan fingerprint density at radius 2 is 1.85 bits per heavy atom. The maximum absolute atomic E-state index is 14.8. The first-order chi connectivity index (χ1) is 15.9. The zero-order valence-electron chi connectivity index (χ0n) is 18.5. The molecular formula is C25H24FN5O2. The van der Waals surface area contributed by atoms with Crippen molar-refractivity contribution in [2.75, 3.05) is 11.4 Å². The van der Waals surface area contributed by atoms with Crippen molar-refractivity contribution in [2.24, 2.45) is 5.92 Å². The summed E-state index contributed by atoms with van der Waals surface area (Å²) in [5.74, 6) is 0.120. The lowest BCUT2D eigenvalue weighted by molar-refractivity contribution is -0.117. The van der Waals surface area contributed by atoms with Crippen LogP contribution in [0.15, 0.2) is 55.0 Å². The zero-order chi connectivity index (χ0) is 23.1. The number of hydrogen-bond donors (Lipinski definition) is 0. The highest BCUT2D eigenvalue weighted by molar-refractivity contribution is 6.01. The van der Waals surface area contributed by atoms with Gasteiger partial charge in [-0.15, -0.1) is 0 Å². The van der Waals surface area contributed by atoms with Crippen molar-refractivity contribution in [1.29, 1.82) is 0 Å². The molecule has 3 aromatic rings. The Morgan fingerprint density at radius 1 is 1.06 bits per heavy atom. The van der Waals surface area contributed by atoms with Gasteiger partial charge in [-0.05, 0) is 55.5 Å². The van der Waals surface area contributed by atoms with Gasteiger partial charge in [-0.2, -0.15) is 0 Å². The van der Waals surface area contributed by atoms with E-state index in [1.54, 1.807) is 28.1 Å². The van der Waals surface area contributed by atoms with Gasteiger partial charge in [-0.25, -0.2) is 19.3 Å². The van der Waals surface area contributed by atoms with Crippen molar-refractivity contribution in [3.63, 3.8) is 0 Å². The lowest BCUT2D eigenvalue weighted by Gasteiger charge is -2.39. The molecule has 2 aromatic heterocycles. The van der Waals surface area contributed by atoms with Crippen molar-refractivity contribution in [3.05, 3.63) is 71.9 Å². The molecule has 2 amide bonds. The van der Waals surface area contributed by atoms with Gasteiger partial charge in [0, 0.05) is 32.1 Å². The number of likely N-dealkylation sites (tertiary alicyclic amines) is 1. The number of aromatic nitrogens is 3. The van der Waals surface area contributed by atoms with E-state index in [0.29, 0.717) is 12.4 Å². The van der Waals surface area contributed by atoms with Gasteiger partial charge in [0.1, 0.15) is 11.6 Å². The SMILES string of the molecule is CC(=O)N(c1ccc(C)cn1)C1CC2CC1N(C(=O)c1cccc(F)c1-c1ncccn1)C2. The van der Waals surface area contributed by atoms with E-state index in [-0.39, 0.29) is 46.8 Å². The summed E-state index contributed by atoms with van der Waals surface area (Å²) in [6.07, 6.45) is 6.40. The van der Waals surface area contributed by atoms with Crippen LogP contribution in [0.25, 0.3) is 11.4 Å². The first kappa shape index (κ1) is 21.2. The van der Waals surface area contributed by atoms with E-state index in [1.165, 1.54) is 31.5 Å². The molecule has 2 aliphatic rings. The van der Waals surface area contributed by atoms with E-state index in [9.17, 15) is 14.0 Å². The highest BCUT2D eigenvalue weighted by atomic mass is 19.1. The summed E-state index contributed by atoms with van der Waals surface area (Å²) in [6.45, 7) is 4.05. The van der Waals surface area contributed by atoms with Gasteiger partial charge in [-0.1, -0.05) is 12.1 Å². The van der Waals surface area contributed by atoms with Crippen LogP contribution in [-0.4, -0.2) is 50.3 Å². The summed E-state index contributed by atoms with van der Waals surface area (Å²) >= 11 is 0. The van der Waals surface area contributed by atoms with Crippen molar-refractivity contribution < 1.29 is 14.0 Å². The summed E-state index contributed by atoms with van der Waals surface area (Å²) in [7, 11) is 0. The quantitative estimate of drug-likeness (QED) is 0.613. The Balaban J connectivity index is 1.49. The number of halogens is 1. The summed E-state index contributed by atoms with van der Waals surface area (Å²) in [5, 5.41) is 0. The second-order valence-corrected chi connectivity index (χ2v) is 8.75. The molecular weight excluding hydrogens is 421 g/mol. The number of pyridine rings is 1. The Labute approximate surface area is 191 Å². The monoisotopic (exact) mass is 445 g/mol. The van der Waals surface area contributed by atoms with E-state index in [0.717, 1.165) is 18.4 Å². The minimum Gasteiger partial charge on any atom is -0.333 e. The number of hydrogen-bond acceptors (Lipinski definition) is 5. The maximum Gasteiger partial charge on any atom is 0.255 e. The highest BCUT2D eigenvalue weighted by Crippen LogP contribution is 2.42. The second kappa shape index (κ2) is 8.35. The summed E-state index contributed by atoms with van der Waals surface area (Å²) in [4.78, 5) is 42.6. The molecule has 1 saturated carbocycles. The van der Waals surface area contributed by atoms with Gasteiger partial charge < -0.3 is 4.90 Å². The zero-order valence-corrected chi connectivity index (χ0v) is 18.5. The predicted octanol–water partition coefficient (Wildman–Crippen LogP) is 3.64. The van der Waals surface area contributed by atoms with Crippen molar-refractivity contribution in [2.45, 2.75) is 38.8 Å². The first-order valence-corrected chi connectivity index (χ1v) is 11.0. The number of benzene rings is 1. The minimum atomic E-state index is -0.540. The van der Waals surface area contributed by atoms with E-state index < -0.39 is 5.82 Å². The third-order valence-corrected chi connectivity index (χ3v) is 6.56. The average Bonchev–Trinajstić information content (AvgIpc) is 3.41. The molecule has 0 N–H and O–H groups in total. The van der Waals surface area contributed by atoms with Crippen LogP contribution in [0.3, 0.4) is 0 Å². The van der Waals surface area contributed by atoms with Crippen LogP contribution in [0, 0.1) is 18.7 Å². The number of rotatable bonds is 4. The minimum absolute atomic E-state index is 0.103. The van der Waals surface area contributed by atoms with E-state index in [1.807, 2.05) is 19.1 Å². The lowest BCUT2D eigenvalue weighted by atomic mass is 10.00. The Hall–Kier alpha value is -3.68. The first-order valence-electron chi connectivity index (χ1n) is 11.0. The molecule has 5 rings (SSSR count). The summed E-state index contributed by atoms with van der Waals surface area (Å²) < 4.78 is 14.8. The van der Waals surface area contributed by atoms with Gasteiger partial charge in [0.2, 0.25) is 5.91 Å². The lowest BCUT2D eigenvalue weighted by Crippen LogP contribution is -2.54. The molecule has 2 bridgehead atoms. The molecule has 1 aromatic carbocycles. The molecule has 0 radical (unpaired) electrons. The third-order valence-electron chi connectivity index (χ3n) is 6.56. The van der Waals surface area contributed by atoms with E-state index in [4.69, 9.17) is 0 Å². The largest absolute Gasteiger partial charge is 0.333 e. The van der Waals surface area contributed by atoms with Crippen LogP contribution < -0.4 is 4.90 Å². The molecule has 3 heterocycles. The standard InChI is InChI=1S/C25H24FN5O2/c1-15-7-8-22(29-13-15)31(16(2)32)21-12-17-11-20(21)30(14-17)25(33)18-5-3-6-19(26)23(18)24-27-9-4-10-28-24/h3-10,13,17,20-21H,11-12,14H2,1-2H3. The molecule has 0 spiro atoms. The smallest absolute Gasteiger partial charge is 0.255 e. The van der Waals surface area contributed by atoms with E-state index >= 15 is 0 Å². The number of carbonyl (C=O) groups excluding carboxylic acids is 2. The molecule has 7 nitrogen and oxygen atoms in total. The second-order valence-electron chi connectivity index (χ2n) is 8.75. The molecule has 3 unspecified atom stereocenters. The summed E-state index contributed by atoms with van der Waals surface area (Å²) in [5.41, 5.74) is 1.34. The van der Waals surface area contributed by atoms with Gasteiger partial charge in [-0.3, -0.25) is 14.5 Å². The molecule has 8 heteroatoms. The fraction of sp³-hybridized carbons (Fsp3) is 0.320. The fourth-order valence-corrected chi connectivity index (χ4v) is 5.18. The van der Waals surface area contributed by atoms with Crippen LogP contribution in [0.2, 0.25) is 0 Å². The number of nitrogens with zero attached hydrogens (tertiary/aromatic N) is 5. The van der Waals surface area contributed by atoms with Crippen LogP contribution in [-0.2, 0) is 4.79 Å². The van der Waals surface area contributed by atoms with E-state index in [2.05, 4.69) is 15.0 Å². The summed E-state index contributed by atoms with van der Waals surface area (Å²) in [6, 6.07) is 9.52. The number of anilines is 1. The van der Waals surface area contributed by atoms with Gasteiger partial charge in [0.15, 0.2) is 5.82 Å². The topological polar surface area (TPSA) is 79.3 Å². The predicted molar refractivity (Wildman–Crippen MR) is 121 cm³/mol. The number of fused-ring (bicyclic) bond motifs is 2. The number of piperidine rings is 1. The molecule has 168 valence electrons. The fourth-order valence-electron chi connectivity index (χ4n) is 5.18. The van der Waals surface area contributed by atoms with Crippen molar-refractivity contribution in [1.82, 2.24) is 19.9 Å². The number of carbonyl (C=O) groups is 2. The highest BCUT2D eigenvalue weighted by Gasteiger charge is 2.50. The molecule has 1 aliphatic heterocycles. The van der Waals surface area contributed by atoms with Gasteiger partial charge in [0.25, 0.3) is 5.91 Å². The Morgan fingerprint density at radius 3 is 2.52 bits per heavy atom. The third kappa shape index (κ3) is 3.75. The van der Waals surface area contributed by atoms with Crippen LogP contribution in [0.4, 0.5) is 10.2 Å². The maximum atomic E-state index is 14.8. The van der Waals surface area contributed by atoms with Gasteiger partial charge >= 0.3 is 0 Å². The van der Waals surface area contributed by atoms with Crippen molar-refractivity contribution >= 4 is 17.6 Å². The Bertz CT molecular complexity index is 1200. The molecule has 3 atom stereocenters. The Kier molecular flexibility index (Phi) is 5.36. The number of amides is 2. The molecule has 2 fully saturated rings. The van der Waals surface area contributed by atoms with Crippen LogP contribution in [0.1, 0.15) is 35.7 Å². The normalized spacial score (nSPS) is 21.3. The molecule has 33 heavy (non-hydrogen) atoms. The average molecular weight is 445 g/mol. The molecule has 1 saturated heterocycles.